The van der Waals surface area contributed by atoms with Crippen LogP contribution < -0.4 is 14.8 Å². The summed E-state index contributed by atoms with van der Waals surface area (Å²) in [5.41, 5.74) is 0.199. The third-order valence-corrected chi connectivity index (χ3v) is 3.20. The molecule has 21 heavy (non-hydrogen) atoms. The van der Waals surface area contributed by atoms with Crippen LogP contribution in [0.3, 0.4) is 0 Å². The first-order valence-electron chi connectivity index (χ1n) is 6.27. The third-order valence-electron chi connectivity index (χ3n) is 2.92. The molecule has 6 nitrogen and oxygen atoms in total. The molecule has 116 valence electrons. The Kier molecular flexibility index (Phi) is 5.84. The average Bonchev–Trinajstić information content (AvgIpc) is 2.42. The zero-order chi connectivity index (χ0) is 16.2. The minimum absolute atomic E-state index is 0.199. The summed E-state index contributed by atoms with van der Waals surface area (Å²) in [7, 11) is 2.85. The molecule has 0 bridgehead atoms. The van der Waals surface area contributed by atoms with Gasteiger partial charge in [-0.25, -0.2) is 4.79 Å². The molecule has 0 heterocycles. The Morgan fingerprint density at radius 1 is 1.24 bits per heavy atom. The fraction of sp³-hybridized carbons (Fsp3) is 0.429. The van der Waals surface area contributed by atoms with Gasteiger partial charge in [0, 0.05) is 5.56 Å². The lowest BCUT2D eigenvalue weighted by molar-refractivity contribution is -0.140. The van der Waals surface area contributed by atoms with E-state index in [0.29, 0.717) is 11.5 Å². The number of carbonyl (C=O) groups is 2. The second-order valence-corrected chi connectivity index (χ2v) is 5.13. The number of nitrogens with one attached hydrogen (secondary N) is 1. The highest BCUT2D eigenvalue weighted by Crippen LogP contribution is 2.36. The summed E-state index contributed by atoms with van der Waals surface area (Å²) < 4.78 is 10.2. The molecule has 0 aliphatic rings. The molecule has 0 fully saturated rings. The number of carboxylic acids is 1. The maximum atomic E-state index is 12.2. The number of hydrogen-bond donors (Lipinski definition) is 2. The molecule has 1 rings (SSSR count). The summed E-state index contributed by atoms with van der Waals surface area (Å²) in [6.07, 6.45) is 0. The van der Waals surface area contributed by atoms with Crippen molar-refractivity contribution in [2.75, 3.05) is 14.2 Å². The van der Waals surface area contributed by atoms with Gasteiger partial charge in [-0.15, -0.1) is 0 Å². The molecule has 0 aromatic heterocycles. The van der Waals surface area contributed by atoms with Crippen LogP contribution in [-0.2, 0) is 4.79 Å². The fourth-order valence-corrected chi connectivity index (χ4v) is 2.07. The van der Waals surface area contributed by atoms with E-state index in [4.69, 9.17) is 26.2 Å². The lowest BCUT2D eigenvalue weighted by Crippen LogP contribution is -2.44. The highest BCUT2D eigenvalue weighted by Gasteiger charge is 2.25. The molecule has 1 amide bonds. The Bertz CT molecular complexity index is 544. The van der Waals surface area contributed by atoms with E-state index in [1.165, 1.54) is 26.4 Å². The molecule has 2 N–H and O–H groups in total. The van der Waals surface area contributed by atoms with Gasteiger partial charge in [-0.1, -0.05) is 25.4 Å². The average molecular weight is 316 g/mol. The van der Waals surface area contributed by atoms with Gasteiger partial charge < -0.3 is 19.9 Å². The van der Waals surface area contributed by atoms with Crippen molar-refractivity contribution < 1.29 is 24.2 Å². The monoisotopic (exact) mass is 315 g/mol. The Hall–Kier alpha value is -1.95. The predicted molar refractivity (Wildman–Crippen MR) is 78.3 cm³/mol. The largest absolute Gasteiger partial charge is 0.493 e. The molecule has 0 aliphatic heterocycles. The topological polar surface area (TPSA) is 84.9 Å². The quantitative estimate of drug-likeness (QED) is 0.840. The van der Waals surface area contributed by atoms with Gasteiger partial charge in [0.05, 0.1) is 19.2 Å². The second kappa shape index (κ2) is 7.17. The van der Waals surface area contributed by atoms with Gasteiger partial charge in [-0.3, -0.25) is 4.79 Å². The van der Waals surface area contributed by atoms with Crippen LogP contribution in [0.5, 0.6) is 11.5 Å². The molecule has 1 atom stereocenters. The smallest absolute Gasteiger partial charge is 0.326 e. The van der Waals surface area contributed by atoms with Gasteiger partial charge in [-0.05, 0) is 18.1 Å². The van der Waals surface area contributed by atoms with Crippen LogP contribution in [0.25, 0.3) is 0 Å². The normalized spacial score (nSPS) is 11.9. The second-order valence-electron chi connectivity index (χ2n) is 4.73. The van der Waals surface area contributed by atoms with E-state index in [1.807, 2.05) is 0 Å². The van der Waals surface area contributed by atoms with Crippen molar-refractivity contribution in [1.82, 2.24) is 5.32 Å². The first-order chi connectivity index (χ1) is 9.81. The van der Waals surface area contributed by atoms with E-state index in [1.54, 1.807) is 13.8 Å². The van der Waals surface area contributed by atoms with E-state index in [-0.39, 0.29) is 16.5 Å². The summed E-state index contributed by atoms with van der Waals surface area (Å²) in [6.45, 7) is 3.42. The van der Waals surface area contributed by atoms with E-state index >= 15 is 0 Å². The van der Waals surface area contributed by atoms with Gasteiger partial charge in [0.25, 0.3) is 5.91 Å². The number of amides is 1. The number of halogens is 1. The molecule has 0 aliphatic carbocycles. The van der Waals surface area contributed by atoms with Crippen molar-refractivity contribution in [3.63, 3.8) is 0 Å². The van der Waals surface area contributed by atoms with Crippen molar-refractivity contribution in [3.05, 3.63) is 22.7 Å². The lowest BCUT2D eigenvalue weighted by atomic mass is 10.0. The van der Waals surface area contributed by atoms with E-state index in [2.05, 4.69) is 5.32 Å². The number of benzene rings is 1. The number of carbonyl (C=O) groups excluding carboxylic acids is 1. The molecule has 1 aromatic rings. The van der Waals surface area contributed by atoms with Crippen LogP contribution in [0, 0.1) is 5.92 Å². The van der Waals surface area contributed by atoms with Crippen LogP contribution >= 0.6 is 11.6 Å². The van der Waals surface area contributed by atoms with Crippen molar-refractivity contribution >= 4 is 23.5 Å². The van der Waals surface area contributed by atoms with Gasteiger partial charge in [0.2, 0.25) is 0 Å². The molecular weight excluding hydrogens is 298 g/mol. The summed E-state index contributed by atoms with van der Waals surface area (Å²) in [5, 5.41) is 11.8. The molecule has 0 saturated heterocycles. The van der Waals surface area contributed by atoms with Crippen LogP contribution in [-0.4, -0.2) is 37.2 Å². The molecule has 0 radical (unpaired) electrons. The molecule has 0 saturated carbocycles. The van der Waals surface area contributed by atoms with E-state index in [0.717, 1.165) is 0 Å². The Labute approximate surface area is 128 Å². The van der Waals surface area contributed by atoms with Crippen LogP contribution in [0.4, 0.5) is 0 Å². The third kappa shape index (κ3) is 4.01. The highest BCUT2D eigenvalue weighted by molar-refractivity contribution is 6.32. The number of methoxy groups -OCH3 is 2. The van der Waals surface area contributed by atoms with Gasteiger partial charge in [-0.2, -0.15) is 0 Å². The highest BCUT2D eigenvalue weighted by atomic mass is 35.5. The number of rotatable bonds is 6. The molecule has 1 aromatic carbocycles. The standard InChI is InChI=1S/C14H18ClNO5/c1-7(2)11(14(18)19)16-13(17)8-5-9(15)12(21-4)10(6-8)20-3/h5-7,11H,1-4H3,(H,16,17)(H,18,19)/t11-/m0/s1. The minimum atomic E-state index is -1.09. The summed E-state index contributed by atoms with van der Waals surface area (Å²) in [4.78, 5) is 23.3. The maximum absolute atomic E-state index is 12.2. The number of ether oxygens (including phenoxy) is 2. The van der Waals surface area contributed by atoms with Crippen LogP contribution in [0.1, 0.15) is 24.2 Å². The summed E-state index contributed by atoms with van der Waals surface area (Å²) in [5.74, 6) is -1.27. The zero-order valence-corrected chi connectivity index (χ0v) is 13.0. The van der Waals surface area contributed by atoms with Crippen molar-refractivity contribution in [3.8, 4) is 11.5 Å². The Morgan fingerprint density at radius 3 is 2.29 bits per heavy atom. The number of hydrogen-bond acceptors (Lipinski definition) is 4. The van der Waals surface area contributed by atoms with Gasteiger partial charge in [0.15, 0.2) is 11.5 Å². The first kappa shape index (κ1) is 17.1. The zero-order valence-electron chi connectivity index (χ0n) is 12.3. The van der Waals surface area contributed by atoms with E-state index in [9.17, 15) is 9.59 Å². The SMILES string of the molecule is COc1cc(C(=O)N[C@H](C(=O)O)C(C)C)cc(Cl)c1OC. The minimum Gasteiger partial charge on any atom is -0.493 e. The summed E-state index contributed by atoms with van der Waals surface area (Å²) >= 11 is 6.02. The van der Waals surface area contributed by atoms with Crippen LogP contribution in [0.2, 0.25) is 5.02 Å². The lowest BCUT2D eigenvalue weighted by Gasteiger charge is -2.18. The Balaban J connectivity index is 3.08. The molecule has 0 spiro atoms. The number of aliphatic carboxylic acids is 1. The van der Waals surface area contributed by atoms with Crippen molar-refractivity contribution in [2.24, 2.45) is 5.92 Å². The van der Waals surface area contributed by atoms with Gasteiger partial charge in [0.1, 0.15) is 6.04 Å². The molecule has 0 unspecified atom stereocenters. The maximum Gasteiger partial charge on any atom is 0.326 e. The van der Waals surface area contributed by atoms with Crippen molar-refractivity contribution in [1.29, 1.82) is 0 Å². The molecule has 7 heteroatoms. The summed E-state index contributed by atoms with van der Waals surface area (Å²) in [6, 6.07) is 1.86. The molecular formula is C14H18ClNO5. The number of carboxylic acid groups (broad SMARTS) is 1. The van der Waals surface area contributed by atoms with Crippen molar-refractivity contribution in [2.45, 2.75) is 19.9 Å². The Morgan fingerprint density at radius 2 is 1.86 bits per heavy atom. The van der Waals surface area contributed by atoms with Gasteiger partial charge >= 0.3 is 5.97 Å². The first-order valence-corrected chi connectivity index (χ1v) is 6.64. The van der Waals surface area contributed by atoms with Crippen LogP contribution in [0.15, 0.2) is 12.1 Å². The van der Waals surface area contributed by atoms with E-state index < -0.39 is 17.9 Å². The predicted octanol–water partition coefficient (Wildman–Crippen LogP) is 2.20. The fourth-order valence-electron chi connectivity index (χ4n) is 1.79.